The van der Waals surface area contributed by atoms with Crippen LogP contribution < -0.4 is 10.6 Å². The lowest BCUT2D eigenvalue weighted by Gasteiger charge is -2.24. The van der Waals surface area contributed by atoms with Crippen LogP contribution in [0.4, 0.5) is 5.13 Å². The molecule has 8 heteroatoms. The molecule has 0 aliphatic carbocycles. The first kappa shape index (κ1) is 17.2. The van der Waals surface area contributed by atoms with Crippen LogP contribution in [-0.4, -0.2) is 47.7 Å². The van der Waals surface area contributed by atoms with E-state index in [4.69, 9.17) is 10.5 Å². The highest BCUT2D eigenvalue weighted by molar-refractivity contribution is 8.01. The highest BCUT2D eigenvalue weighted by Gasteiger charge is 2.32. The van der Waals surface area contributed by atoms with Crippen LogP contribution in [0.1, 0.15) is 27.2 Å². The Hall–Kier alpha value is -0.860. The van der Waals surface area contributed by atoms with Gasteiger partial charge in [-0.1, -0.05) is 30.0 Å². The molecule has 1 aromatic rings. The lowest BCUT2D eigenvalue weighted by Crippen LogP contribution is -2.47. The number of thioether (sulfide) groups is 1. The van der Waals surface area contributed by atoms with Gasteiger partial charge in [-0.3, -0.25) is 4.79 Å². The molecule has 0 saturated heterocycles. The molecule has 1 rings (SSSR count). The summed E-state index contributed by atoms with van der Waals surface area (Å²) in [5.74, 6) is -0.362. The van der Waals surface area contributed by atoms with Crippen LogP contribution in [0.3, 0.4) is 0 Å². The summed E-state index contributed by atoms with van der Waals surface area (Å²) in [4.78, 5) is 13.7. The third-order valence-electron chi connectivity index (χ3n) is 2.53. The van der Waals surface area contributed by atoms with Gasteiger partial charge in [-0.2, -0.15) is 0 Å². The standard InChI is InChI=1S/C12H22N4O2S2/c1-6-18-9(17)12(3,13)7-8(2)19-11-15-14-10(20-11)16(4)5/h8H,6-7,13H2,1-5H3. The number of anilines is 1. The fourth-order valence-corrected chi connectivity index (χ4v) is 3.89. The third kappa shape index (κ3) is 4.92. The molecule has 0 saturated carbocycles. The number of carbonyl (C=O) groups excluding carboxylic acids is 1. The molecule has 0 aromatic carbocycles. The Morgan fingerprint density at radius 3 is 2.70 bits per heavy atom. The molecule has 6 nitrogen and oxygen atoms in total. The molecule has 0 aliphatic heterocycles. The zero-order valence-corrected chi connectivity index (χ0v) is 14.2. The van der Waals surface area contributed by atoms with Crippen LogP contribution in [0, 0.1) is 0 Å². The van der Waals surface area contributed by atoms with E-state index in [9.17, 15) is 4.79 Å². The van der Waals surface area contributed by atoms with Gasteiger partial charge in [-0.05, 0) is 20.3 Å². The number of nitrogens with zero attached hydrogens (tertiary/aromatic N) is 3. The van der Waals surface area contributed by atoms with E-state index >= 15 is 0 Å². The first-order chi connectivity index (χ1) is 9.26. The van der Waals surface area contributed by atoms with Gasteiger partial charge in [-0.25, -0.2) is 0 Å². The van der Waals surface area contributed by atoms with Crippen LogP contribution in [0.2, 0.25) is 0 Å². The summed E-state index contributed by atoms with van der Waals surface area (Å²) in [5.41, 5.74) is 5.05. The van der Waals surface area contributed by atoms with Gasteiger partial charge in [0.25, 0.3) is 0 Å². The Kier molecular flexibility index (Phi) is 6.22. The Balaban J connectivity index is 2.57. The largest absolute Gasteiger partial charge is 0.465 e. The van der Waals surface area contributed by atoms with Crippen LogP contribution in [0.25, 0.3) is 0 Å². The number of ether oxygens (including phenoxy) is 1. The normalized spacial score (nSPS) is 15.5. The molecule has 0 amide bonds. The maximum absolute atomic E-state index is 11.8. The van der Waals surface area contributed by atoms with Crippen LogP contribution >= 0.6 is 23.1 Å². The van der Waals surface area contributed by atoms with Crippen LogP contribution in [0.15, 0.2) is 4.34 Å². The lowest BCUT2D eigenvalue weighted by molar-refractivity contribution is -0.149. The van der Waals surface area contributed by atoms with Crippen molar-refractivity contribution in [2.75, 3.05) is 25.6 Å². The second-order valence-corrected chi connectivity index (χ2v) is 7.66. The van der Waals surface area contributed by atoms with Crippen molar-refractivity contribution in [1.82, 2.24) is 10.2 Å². The van der Waals surface area contributed by atoms with Crippen LogP contribution in [0.5, 0.6) is 0 Å². The molecule has 1 aromatic heterocycles. The average Bonchev–Trinajstić information content (AvgIpc) is 2.77. The summed E-state index contributed by atoms with van der Waals surface area (Å²) in [6.07, 6.45) is 0.521. The van der Waals surface area contributed by atoms with Gasteiger partial charge in [0.1, 0.15) is 5.54 Å². The maximum Gasteiger partial charge on any atom is 0.325 e. The van der Waals surface area contributed by atoms with E-state index in [1.807, 2.05) is 25.9 Å². The molecular weight excluding hydrogens is 296 g/mol. The van der Waals surface area contributed by atoms with Crippen molar-refractivity contribution in [1.29, 1.82) is 0 Å². The highest BCUT2D eigenvalue weighted by Crippen LogP contribution is 2.32. The minimum Gasteiger partial charge on any atom is -0.465 e. The van der Waals surface area contributed by atoms with Crippen molar-refractivity contribution in [3.8, 4) is 0 Å². The number of hydrogen-bond donors (Lipinski definition) is 1. The summed E-state index contributed by atoms with van der Waals surface area (Å²) >= 11 is 3.10. The molecule has 2 N–H and O–H groups in total. The van der Waals surface area contributed by atoms with Crippen molar-refractivity contribution in [2.45, 2.75) is 42.3 Å². The molecular formula is C12H22N4O2S2. The number of esters is 1. The average molecular weight is 318 g/mol. The molecule has 2 unspecified atom stereocenters. The fourth-order valence-electron chi connectivity index (χ4n) is 1.62. The molecule has 1 heterocycles. The molecule has 0 bridgehead atoms. The van der Waals surface area contributed by atoms with E-state index in [1.165, 1.54) is 11.3 Å². The first-order valence-corrected chi connectivity index (χ1v) is 8.09. The SMILES string of the molecule is CCOC(=O)C(C)(N)CC(C)Sc1nnc(N(C)C)s1. The smallest absolute Gasteiger partial charge is 0.325 e. The Labute approximate surface area is 128 Å². The van der Waals surface area contributed by atoms with E-state index in [0.29, 0.717) is 13.0 Å². The zero-order valence-electron chi connectivity index (χ0n) is 12.5. The summed E-state index contributed by atoms with van der Waals surface area (Å²) in [5, 5.41) is 9.21. The quantitative estimate of drug-likeness (QED) is 0.606. The molecule has 0 aliphatic rings. The summed E-state index contributed by atoms with van der Waals surface area (Å²) in [7, 11) is 3.85. The Morgan fingerprint density at radius 1 is 1.55 bits per heavy atom. The molecule has 0 radical (unpaired) electrons. The van der Waals surface area contributed by atoms with Gasteiger partial charge in [0.2, 0.25) is 5.13 Å². The second-order valence-electron chi connectivity index (χ2n) is 5.02. The molecule has 114 valence electrons. The Morgan fingerprint density at radius 2 is 2.20 bits per heavy atom. The second kappa shape index (κ2) is 7.24. The van der Waals surface area contributed by atoms with E-state index in [-0.39, 0.29) is 11.2 Å². The van der Waals surface area contributed by atoms with E-state index in [0.717, 1.165) is 9.47 Å². The predicted octanol–water partition coefficient (Wildman–Crippen LogP) is 1.76. The molecule has 20 heavy (non-hydrogen) atoms. The topological polar surface area (TPSA) is 81.3 Å². The van der Waals surface area contributed by atoms with Crippen molar-refractivity contribution < 1.29 is 9.53 Å². The number of rotatable bonds is 7. The van der Waals surface area contributed by atoms with Gasteiger partial charge in [0, 0.05) is 19.3 Å². The minimum absolute atomic E-state index is 0.150. The number of aromatic nitrogens is 2. The van der Waals surface area contributed by atoms with Crippen LogP contribution in [-0.2, 0) is 9.53 Å². The number of carbonyl (C=O) groups is 1. The van der Waals surface area contributed by atoms with Gasteiger partial charge in [0.15, 0.2) is 4.34 Å². The monoisotopic (exact) mass is 318 g/mol. The zero-order chi connectivity index (χ0) is 15.3. The van der Waals surface area contributed by atoms with Crippen molar-refractivity contribution in [3.05, 3.63) is 0 Å². The lowest BCUT2D eigenvalue weighted by atomic mass is 9.98. The van der Waals surface area contributed by atoms with Crippen molar-refractivity contribution >= 4 is 34.2 Å². The number of nitrogens with two attached hydrogens (primary N) is 1. The highest BCUT2D eigenvalue weighted by atomic mass is 32.2. The molecule has 0 fully saturated rings. The molecule has 2 atom stereocenters. The predicted molar refractivity (Wildman–Crippen MR) is 83.4 cm³/mol. The molecule has 0 spiro atoms. The summed E-state index contributed by atoms with van der Waals surface area (Å²) in [6.45, 7) is 5.84. The van der Waals surface area contributed by atoms with E-state index in [2.05, 4.69) is 10.2 Å². The first-order valence-electron chi connectivity index (χ1n) is 6.40. The summed E-state index contributed by atoms with van der Waals surface area (Å²) in [6, 6.07) is 0. The minimum atomic E-state index is -0.975. The van der Waals surface area contributed by atoms with Gasteiger partial charge >= 0.3 is 5.97 Å². The number of hydrogen-bond acceptors (Lipinski definition) is 8. The van der Waals surface area contributed by atoms with Gasteiger partial charge < -0.3 is 15.4 Å². The van der Waals surface area contributed by atoms with Gasteiger partial charge in [0.05, 0.1) is 6.61 Å². The maximum atomic E-state index is 11.8. The summed E-state index contributed by atoms with van der Waals surface area (Å²) < 4.78 is 5.86. The van der Waals surface area contributed by atoms with E-state index < -0.39 is 5.54 Å². The van der Waals surface area contributed by atoms with Gasteiger partial charge in [-0.15, -0.1) is 10.2 Å². The Bertz CT molecular complexity index is 448. The fraction of sp³-hybridized carbons (Fsp3) is 0.750. The third-order valence-corrected chi connectivity index (χ3v) is 4.81. The van der Waals surface area contributed by atoms with E-state index in [1.54, 1.807) is 25.6 Å². The van der Waals surface area contributed by atoms with Crippen molar-refractivity contribution in [2.24, 2.45) is 5.73 Å². The van der Waals surface area contributed by atoms with Crippen molar-refractivity contribution in [3.63, 3.8) is 0 Å².